The molecule has 0 unspecified atom stereocenters. The molecule has 0 saturated heterocycles. The highest BCUT2D eigenvalue weighted by Gasteiger charge is 2.08. The summed E-state index contributed by atoms with van der Waals surface area (Å²) in [6.45, 7) is 2.46. The summed E-state index contributed by atoms with van der Waals surface area (Å²) in [6, 6.07) is 3.28. The van der Waals surface area contributed by atoms with Crippen LogP contribution in [-0.2, 0) is 6.54 Å². The van der Waals surface area contributed by atoms with Crippen molar-refractivity contribution in [2.75, 3.05) is 13.2 Å². The molecule has 3 nitrogen and oxygen atoms in total. The molecule has 0 fully saturated rings. The molecule has 0 atom stereocenters. The summed E-state index contributed by atoms with van der Waals surface area (Å²) in [4.78, 5) is 0. The molecule has 1 aromatic carbocycles. The van der Waals surface area contributed by atoms with E-state index in [1.807, 2.05) is 6.92 Å². The number of halogens is 2. The minimum Gasteiger partial charge on any atom is -0.395 e. The molecule has 17 heavy (non-hydrogen) atoms. The molecule has 0 aromatic heterocycles. The molecule has 0 spiro atoms. The second kappa shape index (κ2) is 6.74. The Hall–Kier alpha value is -0.910. The Labute approximate surface area is 110 Å². The lowest BCUT2D eigenvalue weighted by Gasteiger charge is -2.11. The third-order valence-corrected chi connectivity index (χ3v) is 2.65. The van der Waals surface area contributed by atoms with Gasteiger partial charge in [0.1, 0.15) is 5.82 Å². The minimum absolute atomic E-state index is 0.00749. The Morgan fingerprint density at radius 1 is 1.47 bits per heavy atom. The van der Waals surface area contributed by atoms with Gasteiger partial charge in [-0.3, -0.25) is 0 Å². The van der Waals surface area contributed by atoms with Crippen LogP contribution in [0.25, 0.3) is 0 Å². The summed E-state index contributed by atoms with van der Waals surface area (Å²) in [7, 11) is 0. The SMILES string of the molecule is Cc1cc(Cl)c(F)c(CNC(=S)NCCO)c1. The average molecular weight is 277 g/mol. The third kappa shape index (κ3) is 4.46. The van der Waals surface area contributed by atoms with Gasteiger partial charge in [-0.05, 0) is 30.8 Å². The molecule has 0 aliphatic carbocycles. The number of nitrogens with one attached hydrogen (secondary N) is 2. The lowest BCUT2D eigenvalue weighted by atomic mass is 10.1. The van der Waals surface area contributed by atoms with E-state index < -0.39 is 5.82 Å². The molecule has 0 radical (unpaired) electrons. The van der Waals surface area contributed by atoms with Gasteiger partial charge in [0.15, 0.2) is 5.11 Å². The minimum atomic E-state index is -0.435. The van der Waals surface area contributed by atoms with E-state index in [-0.39, 0.29) is 18.2 Å². The number of rotatable bonds is 4. The summed E-state index contributed by atoms with van der Waals surface area (Å²) in [5.41, 5.74) is 1.35. The fourth-order valence-corrected chi connectivity index (χ4v) is 1.80. The second-order valence-corrected chi connectivity index (χ2v) is 4.37. The van der Waals surface area contributed by atoms with E-state index in [1.165, 1.54) is 0 Å². The van der Waals surface area contributed by atoms with Crippen molar-refractivity contribution in [3.8, 4) is 0 Å². The van der Waals surface area contributed by atoms with Gasteiger partial charge in [-0.2, -0.15) is 0 Å². The number of benzene rings is 1. The molecule has 1 rings (SSSR count). The van der Waals surface area contributed by atoms with Crippen molar-refractivity contribution in [1.29, 1.82) is 0 Å². The van der Waals surface area contributed by atoms with Gasteiger partial charge in [0.2, 0.25) is 0 Å². The van der Waals surface area contributed by atoms with Crippen molar-refractivity contribution in [3.63, 3.8) is 0 Å². The molecular formula is C11H14ClFN2OS. The molecular weight excluding hydrogens is 263 g/mol. The van der Waals surface area contributed by atoms with Gasteiger partial charge >= 0.3 is 0 Å². The second-order valence-electron chi connectivity index (χ2n) is 3.55. The first-order chi connectivity index (χ1) is 8.04. The van der Waals surface area contributed by atoms with Crippen LogP contribution in [0.2, 0.25) is 5.02 Å². The van der Waals surface area contributed by atoms with Gasteiger partial charge in [0, 0.05) is 18.7 Å². The van der Waals surface area contributed by atoms with Crippen LogP contribution in [0.5, 0.6) is 0 Å². The van der Waals surface area contributed by atoms with E-state index in [4.69, 9.17) is 28.9 Å². The summed E-state index contributed by atoms with van der Waals surface area (Å²) in [6.07, 6.45) is 0. The molecule has 1 aromatic rings. The summed E-state index contributed by atoms with van der Waals surface area (Å²) in [5.74, 6) is -0.435. The zero-order chi connectivity index (χ0) is 12.8. The first kappa shape index (κ1) is 14.2. The van der Waals surface area contributed by atoms with Crippen LogP contribution < -0.4 is 10.6 Å². The van der Waals surface area contributed by atoms with Gasteiger partial charge in [-0.25, -0.2) is 4.39 Å². The molecule has 0 amide bonds. The first-order valence-corrected chi connectivity index (χ1v) is 5.90. The van der Waals surface area contributed by atoms with Gasteiger partial charge in [-0.15, -0.1) is 0 Å². The highest BCUT2D eigenvalue weighted by molar-refractivity contribution is 7.80. The van der Waals surface area contributed by atoms with Crippen molar-refractivity contribution >= 4 is 28.9 Å². The van der Waals surface area contributed by atoms with Crippen LogP contribution in [-0.4, -0.2) is 23.4 Å². The quantitative estimate of drug-likeness (QED) is 0.733. The molecule has 0 aliphatic rings. The third-order valence-electron chi connectivity index (χ3n) is 2.08. The fourth-order valence-electron chi connectivity index (χ4n) is 1.33. The van der Waals surface area contributed by atoms with E-state index in [2.05, 4.69) is 10.6 Å². The number of hydrogen-bond acceptors (Lipinski definition) is 2. The fraction of sp³-hybridized carbons (Fsp3) is 0.364. The van der Waals surface area contributed by atoms with E-state index in [0.717, 1.165) is 5.56 Å². The molecule has 3 N–H and O–H groups in total. The predicted molar refractivity (Wildman–Crippen MR) is 70.7 cm³/mol. The molecule has 94 valence electrons. The molecule has 0 bridgehead atoms. The number of aryl methyl sites for hydroxylation is 1. The van der Waals surface area contributed by atoms with E-state index in [9.17, 15) is 4.39 Å². The van der Waals surface area contributed by atoms with Gasteiger partial charge in [0.05, 0.1) is 11.6 Å². The van der Waals surface area contributed by atoms with Crippen LogP contribution in [0.1, 0.15) is 11.1 Å². The van der Waals surface area contributed by atoms with E-state index >= 15 is 0 Å². The Bertz CT molecular complexity index is 415. The number of aliphatic hydroxyl groups excluding tert-OH is 1. The van der Waals surface area contributed by atoms with Crippen molar-refractivity contribution in [2.24, 2.45) is 0 Å². The van der Waals surface area contributed by atoms with Crippen LogP contribution >= 0.6 is 23.8 Å². The van der Waals surface area contributed by atoms with Crippen LogP contribution in [0, 0.1) is 12.7 Å². The highest BCUT2D eigenvalue weighted by atomic mass is 35.5. The normalized spacial score (nSPS) is 10.1. The zero-order valence-corrected chi connectivity index (χ0v) is 11.0. The monoisotopic (exact) mass is 276 g/mol. The van der Waals surface area contributed by atoms with Crippen molar-refractivity contribution in [2.45, 2.75) is 13.5 Å². The summed E-state index contributed by atoms with van der Waals surface area (Å²) in [5, 5.41) is 14.7. The van der Waals surface area contributed by atoms with E-state index in [0.29, 0.717) is 17.2 Å². The first-order valence-electron chi connectivity index (χ1n) is 5.11. The Balaban J connectivity index is 2.60. The maximum Gasteiger partial charge on any atom is 0.166 e. The Morgan fingerprint density at radius 2 is 2.18 bits per heavy atom. The van der Waals surface area contributed by atoms with Crippen LogP contribution in [0.4, 0.5) is 4.39 Å². The molecule has 0 aliphatic heterocycles. The molecule has 0 saturated carbocycles. The van der Waals surface area contributed by atoms with Crippen molar-refractivity contribution in [1.82, 2.24) is 10.6 Å². The Morgan fingerprint density at radius 3 is 2.82 bits per heavy atom. The molecule has 0 heterocycles. The predicted octanol–water partition coefficient (Wildman–Crippen LogP) is 1.74. The molecule has 6 heteroatoms. The average Bonchev–Trinajstić information content (AvgIpc) is 2.29. The number of hydrogen-bond donors (Lipinski definition) is 3. The largest absolute Gasteiger partial charge is 0.395 e. The number of aliphatic hydroxyl groups is 1. The summed E-state index contributed by atoms with van der Waals surface area (Å²) >= 11 is 10.7. The van der Waals surface area contributed by atoms with Gasteiger partial charge < -0.3 is 15.7 Å². The zero-order valence-electron chi connectivity index (χ0n) is 9.39. The maximum atomic E-state index is 13.6. The van der Waals surface area contributed by atoms with Crippen molar-refractivity contribution in [3.05, 3.63) is 34.1 Å². The lowest BCUT2D eigenvalue weighted by Crippen LogP contribution is -2.36. The van der Waals surface area contributed by atoms with Crippen LogP contribution in [0.15, 0.2) is 12.1 Å². The van der Waals surface area contributed by atoms with E-state index in [1.54, 1.807) is 12.1 Å². The topological polar surface area (TPSA) is 44.3 Å². The highest BCUT2D eigenvalue weighted by Crippen LogP contribution is 2.20. The standard InChI is InChI=1S/C11H14ClFN2OS/c1-7-4-8(10(13)9(12)5-7)6-15-11(17)14-2-3-16/h4-5,16H,2-3,6H2,1H3,(H2,14,15,17). The number of thiocarbonyl (C=S) groups is 1. The van der Waals surface area contributed by atoms with Gasteiger partial charge in [0.25, 0.3) is 0 Å². The maximum absolute atomic E-state index is 13.6. The smallest absolute Gasteiger partial charge is 0.166 e. The van der Waals surface area contributed by atoms with Gasteiger partial charge in [-0.1, -0.05) is 17.7 Å². The van der Waals surface area contributed by atoms with Crippen LogP contribution in [0.3, 0.4) is 0 Å². The van der Waals surface area contributed by atoms with Crippen molar-refractivity contribution < 1.29 is 9.50 Å². The summed E-state index contributed by atoms with van der Waals surface area (Å²) < 4.78 is 13.6. The lowest BCUT2D eigenvalue weighted by molar-refractivity contribution is 0.300. The Kier molecular flexibility index (Phi) is 5.61.